The van der Waals surface area contributed by atoms with Crippen LogP contribution >= 0.6 is 0 Å². The Morgan fingerprint density at radius 2 is 2.25 bits per heavy atom. The minimum atomic E-state index is 0.134. The van der Waals surface area contributed by atoms with Crippen LogP contribution in [-0.4, -0.2) is 18.0 Å². The fourth-order valence-electron chi connectivity index (χ4n) is 2.29. The SMILES string of the molecule is CC(=O)C1CCOC2(CCC2)C1. The molecular formula is C10H16O2. The van der Waals surface area contributed by atoms with E-state index >= 15 is 0 Å². The number of Topliss-reactive ketones (excluding diaryl/α,β-unsaturated/α-hetero) is 1. The lowest BCUT2D eigenvalue weighted by molar-refractivity contribution is -0.154. The molecular weight excluding hydrogens is 152 g/mol. The Morgan fingerprint density at radius 1 is 1.50 bits per heavy atom. The Hall–Kier alpha value is -0.370. The highest BCUT2D eigenvalue weighted by molar-refractivity contribution is 5.78. The number of ketones is 1. The first-order chi connectivity index (χ1) is 5.72. The summed E-state index contributed by atoms with van der Waals surface area (Å²) in [4.78, 5) is 11.2. The van der Waals surface area contributed by atoms with E-state index in [1.54, 1.807) is 6.92 Å². The van der Waals surface area contributed by atoms with Gasteiger partial charge in [0, 0.05) is 12.5 Å². The third kappa shape index (κ3) is 1.28. The maximum absolute atomic E-state index is 11.2. The van der Waals surface area contributed by atoms with Crippen LogP contribution in [0.3, 0.4) is 0 Å². The zero-order valence-corrected chi connectivity index (χ0v) is 7.64. The van der Waals surface area contributed by atoms with Crippen LogP contribution in [0.4, 0.5) is 0 Å². The highest BCUT2D eigenvalue weighted by Gasteiger charge is 2.43. The van der Waals surface area contributed by atoms with E-state index in [-0.39, 0.29) is 5.60 Å². The third-order valence-electron chi connectivity index (χ3n) is 3.33. The van der Waals surface area contributed by atoms with Crippen LogP contribution in [0.25, 0.3) is 0 Å². The van der Waals surface area contributed by atoms with Gasteiger partial charge >= 0.3 is 0 Å². The molecule has 1 aliphatic carbocycles. The van der Waals surface area contributed by atoms with Crippen molar-refractivity contribution in [3.63, 3.8) is 0 Å². The van der Waals surface area contributed by atoms with Gasteiger partial charge in [0.15, 0.2) is 0 Å². The Kier molecular flexibility index (Phi) is 1.95. The molecule has 0 aromatic carbocycles. The van der Waals surface area contributed by atoms with Gasteiger partial charge in [-0.1, -0.05) is 0 Å². The van der Waals surface area contributed by atoms with Crippen molar-refractivity contribution in [3.05, 3.63) is 0 Å². The van der Waals surface area contributed by atoms with E-state index in [4.69, 9.17) is 4.74 Å². The van der Waals surface area contributed by atoms with Gasteiger partial charge in [-0.15, -0.1) is 0 Å². The molecule has 68 valence electrons. The van der Waals surface area contributed by atoms with Gasteiger partial charge in [-0.05, 0) is 39.0 Å². The van der Waals surface area contributed by atoms with E-state index in [1.807, 2.05) is 0 Å². The second kappa shape index (κ2) is 2.84. The van der Waals surface area contributed by atoms with Gasteiger partial charge in [-0.3, -0.25) is 4.79 Å². The van der Waals surface area contributed by atoms with Crippen molar-refractivity contribution in [1.82, 2.24) is 0 Å². The van der Waals surface area contributed by atoms with Crippen LogP contribution in [0.5, 0.6) is 0 Å². The van der Waals surface area contributed by atoms with Crippen molar-refractivity contribution in [2.75, 3.05) is 6.61 Å². The number of carbonyl (C=O) groups excluding carboxylic acids is 1. The number of hydrogen-bond acceptors (Lipinski definition) is 2. The van der Waals surface area contributed by atoms with Crippen molar-refractivity contribution in [3.8, 4) is 0 Å². The molecule has 2 fully saturated rings. The fourth-order valence-corrected chi connectivity index (χ4v) is 2.29. The number of ether oxygens (including phenoxy) is 1. The van der Waals surface area contributed by atoms with E-state index in [1.165, 1.54) is 19.3 Å². The molecule has 0 N–H and O–H groups in total. The Labute approximate surface area is 73.3 Å². The molecule has 0 amide bonds. The molecule has 0 bridgehead atoms. The summed E-state index contributed by atoms with van der Waals surface area (Å²) in [6, 6.07) is 0. The molecule has 0 aromatic rings. The molecule has 2 nitrogen and oxygen atoms in total. The first-order valence-corrected chi connectivity index (χ1v) is 4.86. The second-order valence-electron chi connectivity index (χ2n) is 4.19. The zero-order chi connectivity index (χ0) is 8.60. The van der Waals surface area contributed by atoms with Gasteiger partial charge in [-0.25, -0.2) is 0 Å². The van der Waals surface area contributed by atoms with Gasteiger partial charge < -0.3 is 4.74 Å². The molecule has 1 saturated heterocycles. The molecule has 1 spiro atoms. The summed E-state index contributed by atoms with van der Waals surface area (Å²) in [5.41, 5.74) is 0.134. The van der Waals surface area contributed by atoms with E-state index in [2.05, 4.69) is 0 Å². The number of rotatable bonds is 1. The Bertz CT molecular complexity index is 194. The average molecular weight is 168 g/mol. The first kappa shape index (κ1) is 8.24. The Balaban J connectivity index is 1.98. The van der Waals surface area contributed by atoms with Crippen molar-refractivity contribution < 1.29 is 9.53 Å². The second-order valence-corrected chi connectivity index (χ2v) is 4.19. The van der Waals surface area contributed by atoms with Crippen molar-refractivity contribution in [2.24, 2.45) is 5.92 Å². The molecule has 1 unspecified atom stereocenters. The molecule has 2 heteroatoms. The monoisotopic (exact) mass is 168 g/mol. The van der Waals surface area contributed by atoms with Crippen molar-refractivity contribution in [2.45, 2.75) is 44.6 Å². The predicted molar refractivity (Wildman–Crippen MR) is 45.9 cm³/mol. The molecule has 2 rings (SSSR count). The first-order valence-electron chi connectivity index (χ1n) is 4.86. The lowest BCUT2D eigenvalue weighted by atomic mass is 9.71. The fraction of sp³-hybridized carbons (Fsp3) is 0.900. The van der Waals surface area contributed by atoms with E-state index in [0.717, 1.165) is 19.4 Å². The maximum atomic E-state index is 11.2. The predicted octanol–water partition coefficient (Wildman–Crippen LogP) is 1.92. The summed E-state index contributed by atoms with van der Waals surface area (Å²) in [5, 5.41) is 0. The van der Waals surface area contributed by atoms with E-state index < -0.39 is 0 Å². The van der Waals surface area contributed by atoms with Crippen molar-refractivity contribution in [1.29, 1.82) is 0 Å². The largest absolute Gasteiger partial charge is 0.375 e. The summed E-state index contributed by atoms with van der Waals surface area (Å²) in [6.07, 6.45) is 5.57. The maximum Gasteiger partial charge on any atom is 0.133 e. The minimum Gasteiger partial charge on any atom is -0.375 e. The molecule has 1 aliphatic heterocycles. The third-order valence-corrected chi connectivity index (χ3v) is 3.33. The van der Waals surface area contributed by atoms with Gasteiger partial charge in [0.2, 0.25) is 0 Å². The molecule has 1 atom stereocenters. The molecule has 1 saturated carbocycles. The quantitative estimate of drug-likeness (QED) is 0.598. The van der Waals surface area contributed by atoms with Gasteiger partial charge in [0.25, 0.3) is 0 Å². The van der Waals surface area contributed by atoms with Crippen molar-refractivity contribution >= 4 is 5.78 Å². The van der Waals surface area contributed by atoms with Crippen LogP contribution in [0, 0.1) is 5.92 Å². The minimum absolute atomic E-state index is 0.134. The molecule has 0 aromatic heterocycles. The van der Waals surface area contributed by atoms with Gasteiger partial charge in [-0.2, -0.15) is 0 Å². The summed E-state index contributed by atoms with van der Waals surface area (Å²) >= 11 is 0. The molecule has 1 heterocycles. The molecule has 0 radical (unpaired) electrons. The topological polar surface area (TPSA) is 26.3 Å². The molecule has 2 aliphatic rings. The Morgan fingerprint density at radius 3 is 2.75 bits per heavy atom. The van der Waals surface area contributed by atoms with Crippen LogP contribution in [-0.2, 0) is 9.53 Å². The summed E-state index contributed by atoms with van der Waals surface area (Å²) < 4.78 is 5.73. The molecule has 12 heavy (non-hydrogen) atoms. The van der Waals surface area contributed by atoms with E-state index in [0.29, 0.717) is 11.7 Å². The lowest BCUT2D eigenvalue weighted by Gasteiger charge is -2.46. The van der Waals surface area contributed by atoms with E-state index in [9.17, 15) is 4.79 Å². The lowest BCUT2D eigenvalue weighted by Crippen LogP contribution is -2.46. The summed E-state index contributed by atoms with van der Waals surface area (Å²) in [7, 11) is 0. The summed E-state index contributed by atoms with van der Waals surface area (Å²) in [6.45, 7) is 2.51. The van der Waals surface area contributed by atoms with Crippen LogP contribution < -0.4 is 0 Å². The standard InChI is InChI=1S/C10H16O2/c1-8(11)9-3-6-12-10(7-9)4-2-5-10/h9H,2-7H2,1H3. The average Bonchev–Trinajstić information content (AvgIpc) is 2.02. The summed E-state index contributed by atoms with van der Waals surface area (Å²) in [5.74, 6) is 0.642. The smallest absolute Gasteiger partial charge is 0.133 e. The van der Waals surface area contributed by atoms with Crippen LogP contribution in [0.2, 0.25) is 0 Å². The van der Waals surface area contributed by atoms with Crippen LogP contribution in [0.15, 0.2) is 0 Å². The normalized spacial score (nSPS) is 32.9. The highest BCUT2D eigenvalue weighted by Crippen LogP contribution is 2.44. The van der Waals surface area contributed by atoms with Gasteiger partial charge in [0.05, 0.1) is 5.60 Å². The number of carbonyl (C=O) groups is 1. The highest BCUT2D eigenvalue weighted by atomic mass is 16.5. The zero-order valence-electron chi connectivity index (χ0n) is 7.64. The van der Waals surface area contributed by atoms with Gasteiger partial charge in [0.1, 0.15) is 5.78 Å². The number of hydrogen-bond donors (Lipinski definition) is 0. The van der Waals surface area contributed by atoms with Crippen LogP contribution in [0.1, 0.15) is 39.0 Å².